The fourth-order valence-corrected chi connectivity index (χ4v) is 0.440. The van der Waals surface area contributed by atoms with E-state index in [1.54, 1.807) is 7.05 Å². The van der Waals surface area contributed by atoms with E-state index in [0.29, 0.717) is 0 Å². The summed E-state index contributed by atoms with van der Waals surface area (Å²) in [6.07, 6.45) is 6.26. The minimum atomic E-state index is 0.881. The SMILES string of the molecule is CN=CCCCC=N. The zero-order chi connectivity index (χ0) is 6.24. The first kappa shape index (κ1) is 7.34. The van der Waals surface area contributed by atoms with Crippen LogP contribution < -0.4 is 0 Å². The third kappa shape index (κ3) is 5.34. The van der Waals surface area contributed by atoms with Crippen molar-refractivity contribution >= 4 is 12.4 Å². The molecule has 0 saturated carbocycles. The van der Waals surface area contributed by atoms with Gasteiger partial charge < -0.3 is 10.4 Å². The Hall–Kier alpha value is -0.660. The van der Waals surface area contributed by atoms with Crippen LogP contribution >= 0.6 is 0 Å². The van der Waals surface area contributed by atoms with Crippen LogP contribution in [0, 0.1) is 5.41 Å². The third-order valence-corrected chi connectivity index (χ3v) is 0.864. The summed E-state index contributed by atoms with van der Waals surface area (Å²) < 4.78 is 0. The van der Waals surface area contributed by atoms with Gasteiger partial charge in [0, 0.05) is 7.05 Å². The Morgan fingerprint density at radius 2 is 2.25 bits per heavy atom. The Morgan fingerprint density at radius 3 is 2.75 bits per heavy atom. The number of hydrogen-bond acceptors (Lipinski definition) is 2. The Balaban J connectivity index is 2.82. The van der Waals surface area contributed by atoms with Crippen LogP contribution in [0.2, 0.25) is 0 Å². The van der Waals surface area contributed by atoms with E-state index in [9.17, 15) is 0 Å². The lowest BCUT2D eigenvalue weighted by molar-refractivity contribution is 0.939. The molecule has 0 aromatic rings. The standard InChI is InChI=1S/C6H12N2/c1-8-6-4-2-3-5-7/h5-7H,2-4H2,1H3. The van der Waals surface area contributed by atoms with Crippen molar-refractivity contribution < 1.29 is 0 Å². The number of hydrogen-bond donors (Lipinski definition) is 1. The molecule has 0 aliphatic heterocycles. The van der Waals surface area contributed by atoms with Crippen LogP contribution in [0.25, 0.3) is 0 Å². The lowest BCUT2D eigenvalue weighted by Gasteiger charge is -1.84. The van der Waals surface area contributed by atoms with Crippen LogP contribution in [0.4, 0.5) is 0 Å². The monoisotopic (exact) mass is 112 g/mol. The molecule has 0 heterocycles. The quantitative estimate of drug-likeness (QED) is 0.422. The summed E-state index contributed by atoms with van der Waals surface area (Å²) in [5, 5.41) is 6.67. The summed E-state index contributed by atoms with van der Waals surface area (Å²) in [7, 11) is 1.77. The molecule has 0 saturated heterocycles. The van der Waals surface area contributed by atoms with Gasteiger partial charge in [0.05, 0.1) is 0 Å². The van der Waals surface area contributed by atoms with E-state index in [-0.39, 0.29) is 0 Å². The lowest BCUT2D eigenvalue weighted by atomic mass is 10.3. The first-order valence-electron chi connectivity index (χ1n) is 2.81. The highest BCUT2D eigenvalue weighted by Gasteiger charge is 1.77. The first-order valence-corrected chi connectivity index (χ1v) is 2.81. The van der Waals surface area contributed by atoms with Crippen LogP contribution in [0.1, 0.15) is 19.3 Å². The van der Waals surface area contributed by atoms with Gasteiger partial charge in [0.2, 0.25) is 0 Å². The lowest BCUT2D eigenvalue weighted by Crippen LogP contribution is -1.77. The average molecular weight is 112 g/mol. The molecule has 0 spiro atoms. The molecular formula is C6H12N2. The second kappa shape index (κ2) is 6.34. The van der Waals surface area contributed by atoms with E-state index < -0.39 is 0 Å². The van der Waals surface area contributed by atoms with Gasteiger partial charge in [-0.1, -0.05) is 0 Å². The zero-order valence-corrected chi connectivity index (χ0v) is 5.22. The van der Waals surface area contributed by atoms with Crippen LogP contribution in [0.3, 0.4) is 0 Å². The minimum absolute atomic E-state index is 0.881. The summed E-state index contributed by atoms with van der Waals surface area (Å²) >= 11 is 0. The van der Waals surface area contributed by atoms with Gasteiger partial charge in [-0.2, -0.15) is 0 Å². The highest BCUT2D eigenvalue weighted by molar-refractivity contribution is 5.58. The molecule has 2 nitrogen and oxygen atoms in total. The molecule has 0 rings (SSSR count). The average Bonchev–Trinajstić information content (AvgIpc) is 1.81. The van der Waals surface area contributed by atoms with E-state index in [1.807, 2.05) is 6.21 Å². The summed E-state index contributed by atoms with van der Waals surface area (Å²) in [6.45, 7) is 0. The van der Waals surface area contributed by atoms with Gasteiger partial charge in [-0.15, -0.1) is 0 Å². The highest BCUT2D eigenvalue weighted by atomic mass is 14.6. The number of nitrogens with one attached hydrogen (secondary N) is 1. The first-order chi connectivity index (χ1) is 3.91. The van der Waals surface area contributed by atoms with Crippen LogP contribution in [-0.4, -0.2) is 19.5 Å². The second-order valence-corrected chi connectivity index (χ2v) is 1.58. The normalized spacial score (nSPS) is 10.1. The third-order valence-electron chi connectivity index (χ3n) is 0.864. The van der Waals surface area contributed by atoms with Crippen molar-refractivity contribution in [1.29, 1.82) is 5.41 Å². The van der Waals surface area contributed by atoms with Crippen molar-refractivity contribution in [1.82, 2.24) is 0 Å². The second-order valence-electron chi connectivity index (χ2n) is 1.58. The minimum Gasteiger partial charge on any atom is -0.313 e. The number of rotatable bonds is 4. The molecule has 0 amide bonds. The van der Waals surface area contributed by atoms with Gasteiger partial charge >= 0.3 is 0 Å². The molecule has 46 valence electrons. The molecule has 1 N–H and O–H groups in total. The van der Waals surface area contributed by atoms with Crippen molar-refractivity contribution in [2.24, 2.45) is 4.99 Å². The van der Waals surface area contributed by atoms with E-state index in [1.165, 1.54) is 6.21 Å². The fourth-order valence-electron chi connectivity index (χ4n) is 0.440. The fraction of sp³-hybridized carbons (Fsp3) is 0.667. The zero-order valence-electron chi connectivity index (χ0n) is 5.22. The van der Waals surface area contributed by atoms with E-state index in [0.717, 1.165) is 19.3 Å². The van der Waals surface area contributed by atoms with Crippen LogP contribution in [0.15, 0.2) is 4.99 Å². The highest BCUT2D eigenvalue weighted by Crippen LogP contribution is 1.87. The molecule has 0 aromatic heterocycles. The molecule has 0 aliphatic rings. The van der Waals surface area contributed by atoms with Gasteiger partial charge in [-0.3, -0.25) is 0 Å². The summed E-state index contributed by atoms with van der Waals surface area (Å²) in [5.74, 6) is 0. The van der Waals surface area contributed by atoms with Crippen molar-refractivity contribution in [3.05, 3.63) is 0 Å². The Labute approximate surface area is 50.1 Å². The van der Waals surface area contributed by atoms with E-state index >= 15 is 0 Å². The van der Waals surface area contributed by atoms with Gasteiger partial charge in [0.15, 0.2) is 0 Å². The summed E-state index contributed by atoms with van der Waals surface area (Å²) in [4.78, 5) is 3.81. The predicted molar refractivity (Wildman–Crippen MR) is 37.1 cm³/mol. The van der Waals surface area contributed by atoms with E-state index in [2.05, 4.69) is 4.99 Å². The number of nitrogens with zero attached hydrogens (tertiary/aromatic N) is 1. The maximum Gasteiger partial charge on any atom is 0.0273 e. The smallest absolute Gasteiger partial charge is 0.0273 e. The van der Waals surface area contributed by atoms with Crippen LogP contribution in [0.5, 0.6) is 0 Å². The van der Waals surface area contributed by atoms with Crippen molar-refractivity contribution in [3.63, 3.8) is 0 Å². The largest absolute Gasteiger partial charge is 0.313 e. The Morgan fingerprint density at radius 1 is 1.50 bits per heavy atom. The topological polar surface area (TPSA) is 36.2 Å². The maximum absolute atomic E-state index is 6.67. The molecule has 0 aromatic carbocycles. The molecule has 8 heavy (non-hydrogen) atoms. The summed E-state index contributed by atoms with van der Waals surface area (Å²) in [5.41, 5.74) is 0. The van der Waals surface area contributed by atoms with Crippen molar-refractivity contribution in [2.45, 2.75) is 19.3 Å². The van der Waals surface area contributed by atoms with Gasteiger partial charge in [0.25, 0.3) is 0 Å². The molecule has 2 heteroatoms. The number of aliphatic imine (C=N–C) groups is 1. The Bertz CT molecular complexity index is 76.6. The summed E-state index contributed by atoms with van der Waals surface area (Å²) in [6, 6.07) is 0. The van der Waals surface area contributed by atoms with Crippen LogP contribution in [-0.2, 0) is 0 Å². The molecular weight excluding hydrogens is 100 g/mol. The molecule has 0 aliphatic carbocycles. The molecule has 0 fully saturated rings. The van der Waals surface area contributed by atoms with Crippen molar-refractivity contribution in [2.75, 3.05) is 7.05 Å². The van der Waals surface area contributed by atoms with Gasteiger partial charge in [-0.05, 0) is 31.7 Å². The molecule has 0 radical (unpaired) electrons. The maximum atomic E-state index is 6.67. The molecule has 0 atom stereocenters. The number of unbranched alkanes of at least 4 members (excludes halogenated alkanes) is 2. The van der Waals surface area contributed by atoms with E-state index in [4.69, 9.17) is 5.41 Å². The van der Waals surface area contributed by atoms with Gasteiger partial charge in [0.1, 0.15) is 0 Å². The Kier molecular flexibility index (Phi) is 5.82. The molecule has 0 bridgehead atoms. The predicted octanol–water partition coefficient (Wildman–Crippen LogP) is 1.51. The van der Waals surface area contributed by atoms with Crippen molar-refractivity contribution in [3.8, 4) is 0 Å². The van der Waals surface area contributed by atoms with Gasteiger partial charge in [-0.25, -0.2) is 0 Å². The molecule has 0 unspecified atom stereocenters.